The third-order valence-electron chi connectivity index (χ3n) is 8.63. The van der Waals surface area contributed by atoms with Crippen LogP contribution in [0, 0.1) is 5.92 Å². The van der Waals surface area contributed by atoms with Gasteiger partial charge in [-0.2, -0.15) is 5.10 Å². The quantitative estimate of drug-likeness (QED) is 0.293. The molecular formula is C32H34ClN5O2. The molecule has 4 aromatic rings. The number of ether oxygens (including phenoxy) is 1. The van der Waals surface area contributed by atoms with Crippen LogP contribution in [-0.4, -0.2) is 66.4 Å². The van der Waals surface area contributed by atoms with Crippen molar-refractivity contribution in [2.24, 2.45) is 5.92 Å². The summed E-state index contributed by atoms with van der Waals surface area (Å²) in [5.74, 6) is 0.552. The molecular weight excluding hydrogens is 522 g/mol. The zero-order valence-electron chi connectivity index (χ0n) is 22.5. The van der Waals surface area contributed by atoms with Crippen molar-refractivity contribution in [2.45, 2.75) is 31.3 Å². The van der Waals surface area contributed by atoms with Gasteiger partial charge < -0.3 is 15.0 Å². The molecule has 1 aromatic heterocycles. The minimum absolute atomic E-state index is 0.0948. The van der Waals surface area contributed by atoms with Gasteiger partial charge in [-0.3, -0.25) is 14.8 Å². The van der Waals surface area contributed by atoms with Gasteiger partial charge in [0.05, 0.1) is 36.5 Å². The van der Waals surface area contributed by atoms with E-state index in [1.165, 1.54) is 18.5 Å². The van der Waals surface area contributed by atoms with Crippen LogP contribution in [0.3, 0.4) is 0 Å². The van der Waals surface area contributed by atoms with Crippen molar-refractivity contribution in [3.05, 3.63) is 82.9 Å². The number of halogens is 1. The lowest BCUT2D eigenvalue weighted by molar-refractivity contribution is -0.0660. The van der Waals surface area contributed by atoms with Crippen LogP contribution < -0.4 is 10.2 Å². The summed E-state index contributed by atoms with van der Waals surface area (Å²) in [6, 6.07) is 22.7. The predicted molar refractivity (Wildman–Crippen MR) is 159 cm³/mol. The number of carbonyl (C=O) groups is 1. The second-order valence-electron chi connectivity index (χ2n) is 11.3. The summed E-state index contributed by atoms with van der Waals surface area (Å²) in [6.45, 7) is 5.94. The largest absolute Gasteiger partial charge is 0.378 e. The van der Waals surface area contributed by atoms with E-state index >= 15 is 0 Å². The smallest absolute Gasteiger partial charge is 0.251 e. The Labute approximate surface area is 239 Å². The molecule has 0 spiro atoms. The number of aromatic nitrogens is 2. The molecule has 8 heteroatoms. The molecule has 7 rings (SSSR count). The van der Waals surface area contributed by atoms with Crippen molar-refractivity contribution in [1.82, 2.24) is 20.4 Å². The molecule has 3 fully saturated rings. The lowest BCUT2D eigenvalue weighted by atomic mass is 10.00. The van der Waals surface area contributed by atoms with Crippen LogP contribution in [0.2, 0.25) is 5.02 Å². The molecule has 206 valence electrons. The van der Waals surface area contributed by atoms with Gasteiger partial charge in [-0.1, -0.05) is 54.8 Å². The van der Waals surface area contributed by atoms with Crippen LogP contribution in [0.1, 0.15) is 41.2 Å². The summed E-state index contributed by atoms with van der Waals surface area (Å²) in [7, 11) is 0. The summed E-state index contributed by atoms with van der Waals surface area (Å²) in [5.41, 5.74) is 5.62. The molecule has 1 amide bonds. The number of carbonyl (C=O) groups excluding carboxylic acids is 1. The van der Waals surface area contributed by atoms with Crippen molar-refractivity contribution in [3.8, 4) is 11.3 Å². The number of hydrogen-bond acceptors (Lipinski definition) is 5. The van der Waals surface area contributed by atoms with Gasteiger partial charge in [0.15, 0.2) is 0 Å². The Morgan fingerprint density at radius 2 is 1.80 bits per heavy atom. The monoisotopic (exact) mass is 555 g/mol. The Bertz CT molecular complexity index is 1500. The van der Waals surface area contributed by atoms with Gasteiger partial charge in [0.25, 0.3) is 5.91 Å². The Morgan fingerprint density at radius 1 is 1.02 bits per heavy atom. The van der Waals surface area contributed by atoms with Crippen molar-refractivity contribution >= 4 is 34.1 Å². The van der Waals surface area contributed by atoms with Crippen molar-refractivity contribution < 1.29 is 9.53 Å². The van der Waals surface area contributed by atoms with Gasteiger partial charge >= 0.3 is 0 Å². The number of aromatic amines is 1. The minimum Gasteiger partial charge on any atom is -0.378 e. The van der Waals surface area contributed by atoms with E-state index in [4.69, 9.17) is 16.3 Å². The SMILES string of the molecule is O=C(N[C@H](CC1CC1)c1ccccc1Cl)c1ccc2[nH]nc(-c3ccc(N4CCN(C5COC5)CC4)cc3)c2c1. The molecule has 0 unspecified atom stereocenters. The summed E-state index contributed by atoms with van der Waals surface area (Å²) < 4.78 is 5.36. The molecule has 0 bridgehead atoms. The summed E-state index contributed by atoms with van der Waals surface area (Å²) in [6.07, 6.45) is 3.34. The Morgan fingerprint density at radius 3 is 2.50 bits per heavy atom. The molecule has 3 heterocycles. The maximum atomic E-state index is 13.5. The van der Waals surface area contributed by atoms with Crippen molar-refractivity contribution in [2.75, 3.05) is 44.3 Å². The van der Waals surface area contributed by atoms with E-state index in [0.29, 0.717) is 22.5 Å². The highest BCUT2D eigenvalue weighted by molar-refractivity contribution is 6.31. The second kappa shape index (κ2) is 10.9. The molecule has 1 aliphatic carbocycles. The first-order valence-electron chi connectivity index (χ1n) is 14.3. The van der Waals surface area contributed by atoms with E-state index < -0.39 is 0 Å². The number of fused-ring (bicyclic) bond motifs is 1. The number of hydrogen-bond donors (Lipinski definition) is 2. The molecule has 2 N–H and O–H groups in total. The molecule has 40 heavy (non-hydrogen) atoms. The molecule has 2 saturated heterocycles. The van der Waals surface area contributed by atoms with E-state index in [0.717, 1.165) is 73.5 Å². The third kappa shape index (κ3) is 5.21. The molecule has 0 radical (unpaired) electrons. The number of nitrogens with one attached hydrogen (secondary N) is 2. The standard InChI is InChI=1S/C32H34ClN5O2/c33-28-4-2-1-3-26(28)30(17-21-5-6-21)34-32(39)23-9-12-29-27(18-23)31(36-35-29)22-7-10-24(11-8-22)37-13-15-38(16-14-37)25-19-40-20-25/h1-4,7-12,18,21,25,30H,5-6,13-17,19-20H2,(H,34,39)(H,35,36)/t30-/m1/s1. The highest BCUT2D eigenvalue weighted by Gasteiger charge is 2.30. The minimum atomic E-state index is -0.107. The number of amides is 1. The lowest BCUT2D eigenvalue weighted by Crippen LogP contribution is -2.56. The molecule has 3 aromatic carbocycles. The van der Waals surface area contributed by atoms with Gasteiger partial charge in [-0.05, 0) is 54.3 Å². The van der Waals surface area contributed by atoms with Crippen molar-refractivity contribution in [1.29, 1.82) is 0 Å². The maximum Gasteiger partial charge on any atom is 0.251 e. The first-order valence-corrected chi connectivity index (χ1v) is 14.7. The number of H-pyrrole nitrogens is 1. The van der Waals surface area contributed by atoms with Crippen molar-refractivity contribution in [3.63, 3.8) is 0 Å². The van der Waals surface area contributed by atoms with Crippen LogP contribution in [0.15, 0.2) is 66.7 Å². The molecule has 1 atom stereocenters. The van der Waals surface area contributed by atoms with E-state index in [2.05, 4.69) is 49.6 Å². The average molecular weight is 556 g/mol. The van der Waals surface area contributed by atoms with E-state index in [1.807, 2.05) is 42.5 Å². The number of rotatable bonds is 8. The van der Waals surface area contributed by atoms with Gasteiger partial charge in [-0.15, -0.1) is 0 Å². The highest BCUT2D eigenvalue weighted by Crippen LogP contribution is 2.39. The normalized spacial score (nSPS) is 19.0. The predicted octanol–water partition coefficient (Wildman–Crippen LogP) is 5.68. The van der Waals surface area contributed by atoms with Crippen LogP contribution in [0.4, 0.5) is 5.69 Å². The fourth-order valence-electron chi connectivity index (χ4n) is 5.93. The molecule has 2 aliphatic heterocycles. The van der Waals surface area contributed by atoms with Gasteiger partial charge in [0.1, 0.15) is 0 Å². The summed E-state index contributed by atoms with van der Waals surface area (Å²) in [5, 5.41) is 12.7. The number of nitrogens with zero attached hydrogens (tertiary/aromatic N) is 3. The Kier molecular flexibility index (Phi) is 6.96. The van der Waals surface area contributed by atoms with E-state index in [1.54, 1.807) is 0 Å². The highest BCUT2D eigenvalue weighted by atomic mass is 35.5. The average Bonchev–Trinajstić information content (AvgIpc) is 3.67. The molecule has 7 nitrogen and oxygen atoms in total. The van der Waals surface area contributed by atoms with Crippen LogP contribution in [-0.2, 0) is 4.74 Å². The summed E-state index contributed by atoms with van der Waals surface area (Å²) >= 11 is 6.52. The van der Waals surface area contributed by atoms with E-state index in [-0.39, 0.29) is 11.9 Å². The van der Waals surface area contributed by atoms with Gasteiger partial charge in [-0.25, -0.2) is 0 Å². The number of piperazine rings is 1. The number of anilines is 1. The molecule has 1 saturated carbocycles. The van der Waals surface area contributed by atoms with Crippen LogP contribution in [0.5, 0.6) is 0 Å². The fraction of sp³-hybridized carbons (Fsp3) is 0.375. The third-order valence-corrected chi connectivity index (χ3v) is 8.98. The van der Waals surface area contributed by atoms with Crippen LogP contribution in [0.25, 0.3) is 22.2 Å². The van der Waals surface area contributed by atoms with Gasteiger partial charge in [0, 0.05) is 53.4 Å². The number of benzene rings is 3. The van der Waals surface area contributed by atoms with E-state index in [9.17, 15) is 4.79 Å². The Hall–Kier alpha value is -3.39. The Balaban J connectivity index is 1.08. The zero-order valence-corrected chi connectivity index (χ0v) is 23.2. The first kappa shape index (κ1) is 25.6. The topological polar surface area (TPSA) is 73.5 Å². The molecule has 3 aliphatic rings. The fourth-order valence-corrected chi connectivity index (χ4v) is 6.20. The lowest BCUT2D eigenvalue weighted by Gasteiger charge is -2.43. The maximum absolute atomic E-state index is 13.5. The second-order valence-corrected chi connectivity index (χ2v) is 11.7. The van der Waals surface area contributed by atoms with Gasteiger partial charge in [0.2, 0.25) is 0 Å². The zero-order chi connectivity index (χ0) is 27.1. The van der Waals surface area contributed by atoms with Crippen LogP contribution >= 0.6 is 11.6 Å². The summed E-state index contributed by atoms with van der Waals surface area (Å²) in [4.78, 5) is 18.5. The first-order chi connectivity index (χ1) is 19.6.